The summed E-state index contributed by atoms with van der Waals surface area (Å²) in [6.07, 6.45) is 27.3. The molecule has 1 aromatic rings. The van der Waals surface area contributed by atoms with Gasteiger partial charge < -0.3 is 0 Å². The molecule has 1 nitrogen and oxygen atoms in total. The fourth-order valence-electron chi connectivity index (χ4n) is 3.57. The van der Waals surface area contributed by atoms with Gasteiger partial charge in [0.1, 0.15) is 6.54 Å². The van der Waals surface area contributed by atoms with Crippen molar-refractivity contribution in [3.8, 4) is 0 Å². The Labute approximate surface area is 158 Å². The monoisotopic (exact) mass is 346 g/mol. The van der Waals surface area contributed by atoms with E-state index in [1.165, 1.54) is 108 Å². The van der Waals surface area contributed by atoms with Gasteiger partial charge >= 0.3 is 0 Å². The maximum absolute atomic E-state index is 2.30. The zero-order chi connectivity index (χ0) is 18.0. The van der Waals surface area contributed by atoms with E-state index in [2.05, 4.69) is 42.9 Å². The van der Waals surface area contributed by atoms with Crippen LogP contribution in [0.3, 0.4) is 0 Å². The third-order valence-electron chi connectivity index (χ3n) is 5.39. The third kappa shape index (κ3) is 13.1. The minimum atomic E-state index is 1.07. The Morgan fingerprint density at radius 3 is 1.36 bits per heavy atom. The van der Waals surface area contributed by atoms with E-state index in [1.807, 2.05) is 0 Å². The Morgan fingerprint density at radius 1 is 0.560 bits per heavy atom. The number of nitrogens with zero attached hydrogens (tertiary/aromatic N) is 1. The van der Waals surface area contributed by atoms with Crippen LogP contribution in [0.15, 0.2) is 24.5 Å². The number of aromatic nitrogens is 1. The van der Waals surface area contributed by atoms with Crippen molar-refractivity contribution in [3.05, 3.63) is 30.1 Å². The van der Waals surface area contributed by atoms with E-state index in [-0.39, 0.29) is 0 Å². The molecule has 0 aliphatic heterocycles. The molecule has 0 aliphatic carbocycles. The van der Waals surface area contributed by atoms with Crippen LogP contribution in [0.2, 0.25) is 0 Å². The van der Waals surface area contributed by atoms with E-state index in [1.54, 1.807) is 0 Å². The molecule has 0 fully saturated rings. The molecule has 0 aliphatic rings. The molecule has 1 heteroatoms. The van der Waals surface area contributed by atoms with Crippen LogP contribution < -0.4 is 4.57 Å². The SMILES string of the molecule is CCCCCCCCCCCCCCCCCc1cc[n+](CC)cc1. The average Bonchev–Trinajstić information content (AvgIpc) is 2.65. The largest absolute Gasteiger partial charge is 0.205 e. The normalized spacial score (nSPS) is 11.1. The van der Waals surface area contributed by atoms with Crippen LogP contribution in [0.4, 0.5) is 0 Å². The van der Waals surface area contributed by atoms with Gasteiger partial charge in [-0.3, -0.25) is 0 Å². The van der Waals surface area contributed by atoms with E-state index in [9.17, 15) is 0 Å². The summed E-state index contributed by atoms with van der Waals surface area (Å²) >= 11 is 0. The minimum Gasteiger partial charge on any atom is -0.205 e. The molecule has 0 spiro atoms. The highest BCUT2D eigenvalue weighted by Gasteiger charge is 1.98. The van der Waals surface area contributed by atoms with Crippen molar-refractivity contribution in [1.29, 1.82) is 0 Å². The quantitative estimate of drug-likeness (QED) is 0.204. The zero-order valence-corrected chi connectivity index (χ0v) is 17.3. The first-order valence-corrected chi connectivity index (χ1v) is 11.3. The minimum absolute atomic E-state index is 1.07. The number of rotatable bonds is 17. The molecule has 144 valence electrons. The summed E-state index contributed by atoms with van der Waals surface area (Å²) in [7, 11) is 0. The fraction of sp³-hybridized carbons (Fsp3) is 0.792. The molecule has 1 rings (SSSR count). The summed E-state index contributed by atoms with van der Waals surface area (Å²) in [5.41, 5.74) is 1.50. The summed E-state index contributed by atoms with van der Waals surface area (Å²) in [6.45, 7) is 5.55. The lowest BCUT2D eigenvalue weighted by Gasteiger charge is -2.04. The Balaban J connectivity index is 1.78. The molecule has 25 heavy (non-hydrogen) atoms. The summed E-state index contributed by atoms with van der Waals surface area (Å²) in [5, 5.41) is 0. The van der Waals surface area contributed by atoms with Gasteiger partial charge in [-0.25, -0.2) is 4.57 Å². The van der Waals surface area contributed by atoms with E-state index in [0.29, 0.717) is 0 Å². The maximum atomic E-state index is 2.30. The summed E-state index contributed by atoms with van der Waals surface area (Å²) in [6, 6.07) is 4.57. The molecule has 0 bridgehead atoms. The number of aryl methyl sites for hydroxylation is 2. The van der Waals surface area contributed by atoms with Gasteiger partial charge in [-0.15, -0.1) is 0 Å². The van der Waals surface area contributed by atoms with Gasteiger partial charge in [-0.2, -0.15) is 0 Å². The second-order valence-electron chi connectivity index (χ2n) is 7.74. The topological polar surface area (TPSA) is 3.88 Å². The van der Waals surface area contributed by atoms with E-state index >= 15 is 0 Å². The van der Waals surface area contributed by atoms with Crippen molar-refractivity contribution in [2.24, 2.45) is 0 Å². The molecular weight excluding hydrogens is 302 g/mol. The number of pyridine rings is 1. The summed E-state index contributed by atoms with van der Waals surface area (Å²) < 4.78 is 2.23. The van der Waals surface area contributed by atoms with Crippen LogP contribution >= 0.6 is 0 Å². The molecule has 0 saturated heterocycles. The number of hydrogen-bond donors (Lipinski definition) is 0. The first-order valence-electron chi connectivity index (χ1n) is 11.3. The van der Waals surface area contributed by atoms with Gasteiger partial charge in [0.25, 0.3) is 0 Å². The highest BCUT2D eigenvalue weighted by atomic mass is 14.9. The van der Waals surface area contributed by atoms with Crippen LogP contribution in [-0.4, -0.2) is 0 Å². The Kier molecular flexibility index (Phi) is 14.7. The number of hydrogen-bond acceptors (Lipinski definition) is 0. The van der Waals surface area contributed by atoms with E-state index in [0.717, 1.165) is 6.54 Å². The number of unbranched alkanes of at least 4 members (excludes halogenated alkanes) is 14. The van der Waals surface area contributed by atoms with Crippen LogP contribution in [0, 0.1) is 0 Å². The second kappa shape index (κ2) is 16.6. The summed E-state index contributed by atoms with van der Waals surface area (Å²) in [4.78, 5) is 0. The Morgan fingerprint density at radius 2 is 0.960 bits per heavy atom. The van der Waals surface area contributed by atoms with E-state index < -0.39 is 0 Å². The molecule has 1 aromatic heterocycles. The Hall–Kier alpha value is -0.850. The van der Waals surface area contributed by atoms with Crippen molar-refractivity contribution in [3.63, 3.8) is 0 Å². The first-order chi connectivity index (χ1) is 12.4. The maximum Gasteiger partial charge on any atom is 0.169 e. The zero-order valence-electron chi connectivity index (χ0n) is 17.3. The van der Waals surface area contributed by atoms with Gasteiger partial charge in [-0.05, 0) is 25.3 Å². The molecule has 0 radical (unpaired) electrons. The van der Waals surface area contributed by atoms with Crippen molar-refractivity contribution < 1.29 is 4.57 Å². The lowest BCUT2D eigenvalue weighted by atomic mass is 10.0. The van der Waals surface area contributed by atoms with Gasteiger partial charge in [0.05, 0.1) is 0 Å². The van der Waals surface area contributed by atoms with Crippen LogP contribution in [0.1, 0.15) is 116 Å². The standard InChI is InChI=1S/C24H44N/c1-3-5-6-7-8-9-10-11-12-13-14-15-16-17-18-19-24-20-22-25(4-2)23-21-24/h20-23H,3-19H2,1-2H3/q+1. The second-order valence-corrected chi connectivity index (χ2v) is 7.74. The Bertz CT molecular complexity index is 382. The van der Waals surface area contributed by atoms with Gasteiger partial charge in [0.15, 0.2) is 12.4 Å². The fourth-order valence-corrected chi connectivity index (χ4v) is 3.57. The lowest BCUT2D eigenvalue weighted by molar-refractivity contribution is -0.693. The molecule has 0 saturated carbocycles. The smallest absolute Gasteiger partial charge is 0.169 e. The molecule has 0 amide bonds. The first kappa shape index (κ1) is 22.2. The molecule has 0 N–H and O–H groups in total. The van der Waals surface area contributed by atoms with E-state index in [4.69, 9.17) is 0 Å². The van der Waals surface area contributed by atoms with Crippen LogP contribution in [0.5, 0.6) is 0 Å². The van der Waals surface area contributed by atoms with Gasteiger partial charge in [0, 0.05) is 12.1 Å². The highest BCUT2D eigenvalue weighted by molar-refractivity contribution is 5.07. The molecule has 1 heterocycles. The van der Waals surface area contributed by atoms with Crippen LogP contribution in [0.25, 0.3) is 0 Å². The average molecular weight is 347 g/mol. The molecule has 0 aromatic carbocycles. The van der Waals surface area contributed by atoms with Crippen molar-refractivity contribution >= 4 is 0 Å². The molecular formula is C24H44N+. The van der Waals surface area contributed by atoms with Crippen molar-refractivity contribution in [1.82, 2.24) is 0 Å². The predicted molar refractivity (Wildman–Crippen MR) is 111 cm³/mol. The molecule has 0 atom stereocenters. The predicted octanol–water partition coefficient (Wildman–Crippen LogP) is 7.41. The highest BCUT2D eigenvalue weighted by Crippen LogP contribution is 2.14. The van der Waals surface area contributed by atoms with Crippen molar-refractivity contribution in [2.45, 2.75) is 123 Å². The van der Waals surface area contributed by atoms with Crippen molar-refractivity contribution in [2.75, 3.05) is 0 Å². The molecule has 0 unspecified atom stereocenters. The van der Waals surface area contributed by atoms with Crippen LogP contribution in [-0.2, 0) is 13.0 Å². The summed E-state index contributed by atoms with van der Waals surface area (Å²) in [5.74, 6) is 0. The third-order valence-corrected chi connectivity index (χ3v) is 5.39. The van der Waals surface area contributed by atoms with Gasteiger partial charge in [0.2, 0.25) is 0 Å². The lowest BCUT2D eigenvalue weighted by Crippen LogP contribution is -2.30. The van der Waals surface area contributed by atoms with Gasteiger partial charge in [-0.1, -0.05) is 96.8 Å².